The number of nitrogens with zero attached hydrogens (tertiary/aromatic N) is 2. The number of carboxylic acid groups (broad SMARTS) is 1. The van der Waals surface area contributed by atoms with Crippen LogP contribution in [0, 0.1) is 5.92 Å². The topological polar surface area (TPSA) is 90.3 Å². The zero-order valence-corrected chi connectivity index (χ0v) is 11.9. The molecule has 2 rings (SSSR count). The van der Waals surface area contributed by atoms with Crippen LogP contribution in [0.5, 0.6) is 0 Å². The van der Waals surface area contributed by atoms with E-state index in [4.69, 9.17) is 9.84 Å². The molecule has 0 aliphatic carbocycles. The minimum absolute atomic E-state index is 0.104. The van der Waals surface area contributed by atoms with Crippen LogP contribution < -0.4 is 0 Å². The maximum Gasteiger partial charge on any atom is 0.407 e. The number of hydrogen-bond donors (Lipinski definition) is 2. The summed E-state index contributed by atoms with van der Waals surface area (Å²) in [5.74, 6) is -0.202. The van der Waals surface area contributed by atoms with E-state index in [9.17, 15) is 14.7 Å². The minimum atomic E-state index is -0.902. The van der Waals surface area contributed by atoms with Crippen LogP contribution in [0.1, 0.15) is 19.8 Å². The molecule has 0 aromatic carbocycles. The number of carbonyl (C=O) groups is 2. The number of carbonyl (C=O) groups excluding carboxylic acids is 1. The highest BCUT2D eigenvalue weighted by atomic mass is 16.5. The fraction of sp³-hybridized carbons (Fsp3) is 0.846. The van der Waals surface area contributed by atoms with Crippen molar-refractivity contribution in [1.82, 2.24) is 9.80 Å². The molecule has 114 valence electrons. The molecule has 7 nitrogen and oxygen atoms in total. The fourth-order valence-electron chi connectivity index (χ4n) is 3.37. The number of ether oxygens (including phenoxy) is 1. The Kier molecular flexibility index (Phi) is 4.49. The van der Waals surface area contributed by atoms with Gasteiger partial charge in [0.2, 0.25) is 0 Å². The molecule has 2 N–H and O–H groups in total. The van der Waals surface area contributed by atoms with Crippen molar-refractivity contribution in [2.75, 3.05) is 26.7 Å². The monoisotopic (exact) mass is 286 g/mol. The number of β-amino-alcohol motifs (C(OH)–C–C–N with tert-alkyl or cyclic N) is 1. The van der Waals surface area contributed by atoms with E-state index < -0.39 is 18.2 Å². The third kappa shape index (κ3) is 2.88. The fourth-order valence-corrected chi connectivity index (χ4v) is 3.37. The van der Waals surface area contributed by atoms with Crippen LogP contribution in [-0.2, 0) is 9.53 Å². The summed E-state index contributed by atoms with van der Waals surface area (Å²) in [4.78, 5) is 26.2. The van der Waals surface area contributed by atoms with Crippen molar-refractivity contribution in [3.05, 3.63) is 0 Å². The quantitative estimate of drug-likeness (QED) is 0.694. The molecule has 2 saturated heterocycles. The molecule has 4 atom stereocenters. The van der Waals surface area contributed by atoms with Crippen LogP contribution in [0.4, 0.5) is 4.79 Å². The van der Waals surface area contributed by atoms with Gasteiger partial charge in [-0.05, 0) is 12.3 Å². The third-order valence-corrected chi connectivity index (χ3v) is 4.35. The van der Waals surface area contributed by atoms with E-state index in [1.807, 2.05) is 11.8 Å². The maximum absolute atomic E-state index is 11.8. The van der Waals surface area contributed by atoms with E-state index in [1.165, 1.54) is 12.0 Å². The number of aliphatic hydroxyl groups excluding tert-OH is 1. The second kappa shape index (κ2) is 5.97. The van der Waals surface area contributed by atoms with Gasteiger partial charge in [0, 0.05) is 32.1 Å². The Morgan fingerprint density at radius 2 is 2.00 bits per heavy atom. The van der Waals surface area contributed by atoms with E-state index in [0.717, 1.165) is 0 Å². The summed E-state index contributed by atoms with van der Waals surface area (Å²) in [5, 5.41) is 18.8. The summed E-state index contributed by atoms with van der Waals surface area (Å²) in [5.41, 5.74) is 0. The van der Waals surface area contributed by atoms with Crippen LogP contribution in [0.2, 0.25) is 0 Å². The van der Waals surface area contributed by atoms with Gasteiger partial charge in [0.1, 0.15) is 6.04 Å². The third-order valence-electron chi connectivity index (χ3n) is 4.35. The van der Waals surface area contributed by atoms with Gasteiger partial charge >= 0.3 is 12.1 Å². The van der Waals surface area contributed by atoms with E-state index in [1.54, 1.807) is 0 Å². The minimum Gasteiger partial charge on any atom is -0.468 e. The average Bonchev–Trinajstić information content (AvgIpc) is 2.79. The predicted octanol–water partition coefficient (Wildman–Crippen LogP) is -0.0170. The van der Waals surface area contributed by atoms with Crippen molar-refractivity contribution < 1.29 is 24.5 Å². The molecule has 2 aliphatic rings. The molecule has 2 heterocycles. The molecule has 7 heteroatoms. The number of esters is 1. The molecule has 2 aliphatic heterocycles. The van der Waals surface area contributed by atoms with Crippen molar-refractivity contribution in [2.45, 2.75) is 38.0 Å². The standard InChI is InChI=1S/C13H22N2O5/c1-8-6-14(13(18)19)4-3-10(8)15-7-9(16)5-11(15)12(17)20-2/h8-11,16H,3-7H2,1-2H3,(H,18,19)/t8?,9-,10?,11+/m1/s1. The van der Waals surface area contributed by atoms with Crippen molar-refractivity contribution in [2.24, 2.45) is 5.92 Å². The molecule has 20 heavy (non-hydrogen) atoms. The average molecular weight is 286 g/mol. The highest BCUT2D eigenvalue weighted by Crippen LogP contribution is 2.29. The van der Waals surface area contributed by atoms with Crippen LogP contribution in [0.25, 0.3) is 0 Å². The summed E-state index contributed by atoms with van der Waals surface area (Å²) >= 11 is 0. The lowest BCUT2D eigenvalue weighted by Crippen LogP contribution is -2.54. The Morgan fingerprint density at radius 1 is 1.30 bits per heavy atom. The van der Waals surface area contributed by atoms with Gasteiger partial charge in [-0.25, -0.2) is 4.79 Å². The highest BCUT2D eigenvalue weighted by molar-refractivity contribution is 5.76. The van der Waals surface area contributed by atoms with Crippen LogP contribution >= 0.6 is 0 Å². The molecular formula is C13H22N2O5. The normalized spacial score (nSPS) is 35.0. The van der Waals surface area contributed by atoms with Gasteiger partial charge in [-0.3, -0.25) is 9.69 Å². The molecule has 0 aromatic rings. The Morgan fingerprint density at radius 3 is 2.55 bits per heavy atom. The number of aliphatic hydroxyl groups is 1. The van der Waals surface area contributed by atoms with Gasteiger partial charge in [0.05, 0.1) is 13.2 Å². The first kappa shape index (κ1) is 15.1. The summed E-state index contributed by atoms with van der Waals surface area (Å²) in [7, 11) is 1.35. The summed E-state index contributed by atoms with van der Waals surface area (Å²) in [6.07, 6.45) is -0.364. The van der Waals surface area contributed by atoms with Gasteiger partial charge in [-0.2, -0.15) is 0 Å². The summed E-state index contributed by atoms with van der Waals surface area (Å²) in [6.45, 7) is 3.35. The number of rotatable bonds is 2. The SMILES string of the molecule is COC(=O)[C@@H]1C[C@@H](O)CN1C1CCN(C(=O)O)CC1C. The predicted molar refractivity (Wildman–Crippen MR) is 70.3 cm³/mol. The second-order valence-corrected chi connectivity index (χ2v) is 5.69. The molecule has 0 spiro atoms. The highest BCUT2D eigenvalue weighted by Gasteiger charge is 2.43. The number of amides is 1. The molecule has 0 aromatic heterocycles. The Bertz CT molecular complexity index is 389. The number of hydrogen-bond acceptors (Lipinski definition) is 5. The lowest BCUT2D eigenvalue weighted by molar-refractivity contribution is -0.147. The smallest absolute Gasteiger partial charge is 0.407 e. The molecule has 2 fully saturated rings. The lowest BCUT2D eigenvalue weighted by atomic mass is 9.92. The van der Waals surface area contributed by atoms with Gasteiger partial charge in [-0.1, -0.05) is 6.92 Å². The second-order valence-electron chi connectivity index (χ2n) is 5.69. The van der Waals surface area contributed by atoms with E-state index in [0.29, 0.717) is 32.5 Å². The number of likely N-dealkylation sites (tertiary alicyclic amines) is 2. The van der Waals surface area contributed by atoms with Crippen LogP contribution in [-0.4, -0.2) is 77.0 Å². The molecule has 2 unspecified atom stereocenters. The van der Waals surface area contributed by atoms with E-state index in [-0.39, 0.29) is 17.9 Å². The molecular weight excluding hydrogens is 264 g/mol. The first-order valence-corrected chi connectivity index (χ1v) is 6.93. The van der Waals surface area contributed by atoms with E-state index in [2.05, 4.69) is 0 Å². The summed E-state index contributed by atoms with van der Waals surface area (Å²) in [6, 6.07) is -0.314. The first-order chi connectivity index (χ1) is 9.43. The molecule has 0 saturated carbocycles. The Balaban J connectivity index is 2.06. The molecule has 0 bridgehead atoms. The Hall–Kier alpha value is -1.34. The van der Waals surface area contributed by atoms with Crippen molar-refractivity contribution in [1.29, 1.82) is 0 Å². The summed E-state index contributed by atoms with van der Waals surface area (Å²) < 4.78 is 4.80. The first-order valence-electron chi connectivity index (χ1n) is 6.93. The van der Waals surface area contributed by atoms with Crippen LogP contribution in [0.3, 0.4) is 0 Å². The largest absolute Gasteiger partial charge is 0.468 e. The lowest BCUT2D eigenvalue weighted by Gasteiger charge is -2.41. The number of piperidine rings is 1. The van der Waals surface area contributed by atoms with Gasteiger partial charge in [0.25, 0.3) is 0 Å². The van der Waals surface area contributed by atoms with Crippen molar-refractivity contribution in [3.8, 4) is 0 Å². The van der Waals surface area contributed by atoms with E-state index >= 15 is 0 Å². The molecule has 0 radical (unpaired) electrons. The van der Waals surface area contributed by atoms with Crippen molar-refractivity contribution >= 4 is 12.1 Å². The zero-order chi connectivity index (χ0) is 14.9. The van der Waals surface area contributed by atoms with Gasteiger partial charge < -0.3 is 19.8 Å². The van der Waals surface area contributed by atoms with Gasteiger partial charge in [0.15, 0.2) is 0 Å². The number of methoxy groups -OCH3 is 1. The van der Waals surface area contributed by atoms with Crippen molar-refractivity contribution in [3.63, 3.8) is 0 Å². The maximum atomic E-state index is 11.8. The molecule has 1 amide bonds. The zero-order valence-electron chi connectivity index (χ0n) is 11.9. The van der Waals surface area contributed by atoms with Gasteiger partial charge in [-0.15, -0.1) is 0 Å². The van der Waals surface area contributed by atoms with Crippen LogP contribution in [0.15, 0.2) is 0 Å². The Labute approximate surface area is 118 Å².